The lowest BCUT2D eigenvalue weighted by atomic mass is 9.91. The molecule has 2 fully saturated rings. The van der Waals surface area contributed by atoms with E-state index in [4.69, 9.17) is 41.9 Å². The molecule has 1 aromatic heterocycles. The number of ether oxygens (including phenoxy) is 3. The van der Waals surface area contributed by atoms with Gasteiger partial charge in [-0.2, -0.15) is 0 Å². The minimum absolute atomic E-state index is 0.0488. The molecule has 0 amide bonds. The summed E-state index contributed by atoms with van der Waals surface area (Å²) in [6.45, 7) is 5.59. The molecule has 0 bridgehead atoms. The van der Waals surface area contributed by atoms with Gasteiger partial charge in [-0.05, 0) is 88.6 Å². The number of fused-ring (bicyclic) bond motifs is 1. The van der Waals surface area contributed by atoms with Crippen molar-refractivity contribution < 1.29 is 18.7 Å². The highest BCUT2D eigenvalue weighted by Crippen LogP contribution is 2.33. The molecule has 2 aromatic carbocycles. The summed E-state index contributed by atoms with van der Waals surface area (Å²) in [5.41, 5.74) is 3.80. The first-order valence-corrected chi connectivity index (χ1v) is 13.8. The first-order chi connectivity index (χ1) is 18.0. The van der Waals surface area contributed by atoms with Crippen LogP contribution in [0.15, 0.2) is 34.9 Å². The molecule has 0 N–H and O–H groups in total. The van der Waals surface area contributed by atoms with Gasteiger partial charge in [-0.25, -0.2) is 0 Å². The molecule has 3 heterocycles. The average Bonchev–Trinajstić information content (AvgIpc) is 3.55. The number of nitrogens with zero attached hydrogens (tertiary/aromatic N) is 3. The third-order valence-corrected chi connectivity index (χ3v) is 7.96. The Labute approximate surface area is 228 Å². The molecular weight excluding hydrogens is 513 g/mol. The average molecular weight is 549 g/mol. The van der Waals surface area contributed by atoms with E-state index in [1.54, 1.807) is 6.07 Å². The van der Waals surface area contributed by atoms with Crippen LogP contribution in [0.25, 0.3) is 11.0 Å². The van der Waals surface area contributed by atoms with Crippen LogP contribution >= 0.6 is 23.2 Å². The van der Waals surface area contributed by atoms with Crippen LogP contribution in [-0.2, 0) is 29.0 Å². The maximum Gasteiger partial charge on any atom is 0.175 e. The quantitative estimate of drug-likeness (QED) is 0.318. The molecule has 3 aromatic rings. The maximum atomic E-state index is 6.21. The lowest BCUT2D eigenvalue weighted by Crippen LogP contribution is -2.39. The lowest BCUT2D eigenvalue weighted by Gasteiger charge is -2.32. The number of aromatic nitrogens is 1. The number of likely N-dealkylation sites (tertiary alicyclic amines) is 1. The Morgan fingerprint density at radius 3 is 2.57 bits per heavy atom. The Bertz CT molecular complexity index is 1190. The van der Waals surface area contributed by atoms with Crippen molar-refractivity contribution >= 4 is 34.2 Å². The van der Waals surface area contributed by atoms with E-state index in [2.05, 4.69) is 21.0 Å². The molecular formula is C28H35Cl2N3O4. The van der Waals surface area contributed by atoms with Crippen molar-refractivity contribution in [1.29, 1.82) is 0 Å². The molecule has 7 nitrogen and oxygen atoms in total. The summed E-state index contributed by atoms with van der Waals surface area (Å²) in [6, 6.07) is 9.66. The fourth-order valence-electron chi connectivity index (χ4n) is 5.19. The van der Waals surface area contributed by atoms with Gasteiger partial charge >= 0.3 is 0 Å². The van der Waals surface area contributed by atoms with E-state index in [-0.39, 0.29) is 6.29 Å². The molecule has 200 valence electrons. The molecule has 37 heavy (non-hydrogen) atoms. The van der Waals surface area contributed by atoms with Crippen molar-refractivity contribution in [2.75, 3.05) is 46.9 Å². The van der Waals surface area contributed by atoms with Crippen LogP contribution < -0.4 is 4.74 Å². The SMILES string of the molecule is CN(C)Cc1c(OCc2ccc(Cl)c(Cl)c2)ccc2c(CCC3CCN(CC4OCCO4)CC3)noc12. The highest BCUT2D eigenvalue weighted by Gasteiger charge is 2.25. The van der Waals surface area contributed by atoms with Crippen molar-refractivity contribution in [3.8, 4) is 5.75 Å². The number of piperidine rings is 1. The predicted octanol–water partition coefficient (Wildman–Crippen LogP) is 5.79. The standard InChI is InChI=1S/C28H35Cl2N3O4/c1-32(2)16-22-26(36-18-20-3-6-23(29)24(30)15-20)8-5-21-25(31-37-28(21)22)7-4-19-9-11-33(12-10-19)17-27-34-13-14-35-27/h3,5-6,8,15,19,27H,4,7,9-14,16-18H2,1-2H3. The highest BCUT2D eigenvalue weighted by atomic mass is 35.5. The first kappa shape index (κ1) is 26.7. The summed E-state index contributed by atoms with van der Waals surface area (Å²) in [5.74, 6) is 1.49. The first-order valence-electron chi connectivity index (χ1n) is 13.0. The summed E-state index contributed by atoms with van der Waals surface area (Å²) >= 11 is 12.2. The number of rotatable bonds is 10. The number of benzene rings is 2. The molecule has 0 unspecified atom stereocenters. The van der Waals surface area contributed by atoms with Crippen LogP contribution in [0.1, 0.15) is 36.1 Å². The normalized spacial score (nSPS) is 17.9. The lowest BCUT2D eigenvalue weighted by molar-refractivity contribution is -0.0661. The second-order valence-electron chi connectivity index (χ2n) is 10.3. The fraction of sp³-hybridized carbons (Fsp3) is 0.536. The van der Waals surface area contributed by atoms with E-state index in [0.717, 1.165) is 66.0 Å². The summed E-state index contributed by atoms with van der Waals surface area (Å²) in [4.78, 5) is 4.57. The molecule has 2 saturated heterocycles. The Kier molecular flexibility index (Phi) is 8.90. The van der Waals surface area contributed by atoms with Crippen LogP contribution in [-0.4, -0.2) is 68.2 Å². The summed E-state index contributed by atoms with van der Waals surface area (Å²) < 4.78 is 23.3. The fourth-order valence-corrected chi connectivity index (χ4v) is 5.51. The van der Waals surface area contributed by atoms with Crippen molar-refractivity contribution in [2.24, 2.45) is 5.92 Å². The zero-order valence-electron chi connectivity index (χ0n) is 21.6. The van der Waals surface area contributed by atoms with Gasteiger partial charge in [-0.1, -0.05) is 34.4 Å². The zero-order valence-corrected chi connectivity index (χ0v) is 23.1. The van der Waals surface area contributed by atoms with Gasteiger partial charge in [0.2, 0.25) is 0 Å². The van der Waals surface area contributed by atoms with Crippen molar-refractivity contribution in [2.45, 2.75) is 45.1 Å². The number of aryl methyl sites for hydroxylation is 1. The molecule has 0 saturated carbocycles. The van der Waals surface area contributed by atoms with Crippen LogP contribution in [0.4, 0.5) is 0 Å². The minimum atomic E-state index is -0.0488. The van der Waals surface area contributed by atoms with Crippen LogP contribution in [0, 0.1) is 5.92 Å². The van der Waals surface area contributed by atoms with E-state index in [1.807, 2.05) is 32.3 Å². The number of hydrogen-bond donors (Lipinski definition) is 0. The Morgan fingerprint density at radius 2 is 1.84 bits per heavy atom. The van der Waals surface area contributed by atoms with E-state index in [1.165, 1.54) is 12.8 Å². The summed E-state index contributed by atoms with van der Waals surface area (Å²) in [6.07, 6.45) is 4.37. The van der Waals surface area contributed by atoms with Gasteiger partial charge in [-0.15, -0.1) is 0 Å². The maximum absolute atomic E-state index is 6.21. The monoisotopic (exact) mass is 547 g/mol. The topological polar surface area (TPSA) is 60.2 Å². The second-order valence-corrected chi connectivity index (χ2v) is 11.1. The third kappa shape index (κ3) is 6.77. The summed E-state index contributed by atoms with van der Waals surface area (Å²) in [5, 5.41) is 6.62. The minimum Gasteiger partial charge on any atom is -0.488 e. The van der Waals surface area contributed by atoms with E-state index < -0.39 is 0 Å². The van der Waals surface area contributed by atoms with Gasteiger partial charge in [0.05, 0.1) is 34.5 Å². The molecule has 0 aliphatic carbocycles. The van der Waals surface area contributed by atoms with Crippen molar-refractivity contribution in [3.63, 3.8) is 0 Å². The molecule has 2 aliphatic rings. The Hall–Kier alpha value is -1.87. The van der Waals surface area contributed by atoms with Gasteiger partial charge in [0, 0.05) is 18.5 Å². The van der Waals surface area contributed by atoms with Gasteiger partial charge in [0.15, 0.2) is 11.9 Å². The third-order valence-electron chi connectivity index (χ3n) is 7.22. The van der Waals surface area contributed by atoms with E-state index in [0.29, 0.717) is 42.3 Å². The molecule has 0 spiro atoms. The van der Waals surface area contributed by atoms with Gasteiger partial charge < -0.3 is 23.6 Å². The van der Waals surface area contributed by atoms with Gasteiger partial charge in [-0.3, -0.25) is 4.90 Å². The van der Waals surface area contributed by atoms with E-state index >= 15 is 0 Å². The highest BCUT2D eigenvalue weighted by molar-refractivity contribution is 6.42. The zero-order chi connectivity index (χ0) is 25.8. The molecule has 5 rings (SSSR count). The molecule has 9 heteroatoms. The predicted molar refractivity (Wildman–Crippen MR) is 145 cm³/mol. The Balaban J connectivity index is 1.22. The van der Waals surface area contributed by atoms with Crippen LogP contribution in [0.3, 0.4) is 0 Å². The van der Waals surface area contributed by atoms with E-state index in [9.17, 15) is 0 Å². The van der Waals surface area contributed by atoms with Crippen molar-refractivity contribution in [3.05, 3.63) is 57.2 Å². The van der Waals surface area contributed by atoms with Gasteiger partial charge in [0.25, 0.3) is 0 Å². The number of halogens is 2. The van der Waals surface area contributed by atoms with Crippen LogP contribution in [0.5, 0.6) is 5.75 Å². The molecule has 0 radical (unpaired) electrons. The van der Waals surface area contributed by atoms with Gasteiger partial charge in [0.1, 0.15) is 12.4 Å². The largest absolute Gasteiger partial charge is 0.488 e. The molecule has 0 atom stereocenters. The smallest absolute Gasteiger partial charge is 0.175 e. The molecule has 2 aliphatic heterocycles. The second kappa shape index (κ2) is 12.3. The Morgan fingerprint density at radius 1 is 1.05 bits per heavy atom. The summed E-state index contributed by atoms with van der Waals surface area (Å²) in [7, 11) is 4.08. The van der Waals surface area contributed by atoms with Crippen molar-refractivity contribution in [1.82, 2.24) is 15.0 Å². The number of hydrogen-bond acceptors (Lipinski definition) is 7. The van der Waals surface area contributed by atoms with Crippen LogP contribution in [0.2, 0.25) is 10.0 Å².